The number of rotatable bonds is 27. The molecule has 381 valence electrons. The maximum Gasteiger partial charge on any atom is 0 e. The number of unbranched alkanes of at least 4 members (excludes halogenated alkanes) is 1. The molecule has 4 aromatic heterocycles. The molecule has 3 aromatic carbocycles. The van der Waals surface area contributed by atoms with Crippen LogP contribution < -0.4 is 37.7 Å². The number of hydrogen-bond acceptors (Lipinski definition) is 16. The predicted octanol–water partition coefficient (Wildman–Crippen LogP) is 2.73. The Kier molecular flexibility index (Phi) is 23.0. The number of nitrogens with zero attached hydrogens (tertiary/aromatic N) is 6. The first-order chi connectivity index (χ1) is 35.1. The SMILES string of the molecule is Nc1nc2ncc(CNc3ccc(C(=O)N[C@@H](CCC(=O)NCCOCCOCCNC(=O)CCCCN(Cc4ccc5ccccc5n4)Cc4ccc5ccccc5n4)C(=O)[O-])cc3)nc2c(=O)[nH]1.[C-]#[O+].[Re]. The predicted molar refractivity (Wildman–Crippen MR) is 265 cm³/mol. The van der Waals surface area contributed by atoms with E-state index in [0.717, 1.165) is 52.6 Å². The average molecular weight is 1170 g/mol. The number of para-hydroxylation sites is 2. The third-order valence-electron chi connectivity index (χ3n) is 11.1. The minimum Gasteiger partial charge on any atom is 0 e. The molecule has 7 rings (SSSR count). The minimum atomic E-state index is -1.52. The number of nitrogen functional groups attached to an aromatic ring is 1. The van der Waals surface area contributed by atoms with Crippen LogP contribution in [0.15, 0.2) is 108 Å². The summed E-state index contributed by atoms with van der Waals surface area (Å²) in [4.78, 5) is 88.5. The van der Waals surface area contributed by atoms with E-state index in [1.807, 2.05) is 36.4 Å². The van der Waals surface area contributed by atoms with Crippen LogP contribution in [0.25, 0.3) is 33.0 Å². The number of hydrogen-bond donors (Lipinski definition) is 6. The van der Waals surface area contributed by atoms with Gasteiger partial charge >= 0.3 is 11.3 Å². The van der Waals surface area contributed by atoms with Crippen molar-refractivity contribution in [3.05, 3.63) is 143 Å². The molecule has 7 N–H and O–H groups in total. The fourth-order valence-corrected chi connectivity index (χ4v) is 7.46. The summed E-state index contributed by atoms with van der Waals surface area (Å²) in [5, 5.41) is 25.1. The van der Waals surface area contributed by atoms with Gasteiger partial charge in [0.2, 0.25) is 17.8 Å². The molecule has 0 saturated carbocycles. The van der Waals surface area contributed by atoms with E-state index in [4.69, 9.17) is 29.8 Å². The molecular weight excluding hydrogens is 1110 g/mol. The fraction of sp³-hybridized carbons (Fsp3) is 0.314. The van der Waals surface area contributed by atoms with Crippen molar-refractivity contribution in [3.8, 4) is 0 Å². The summed E-state index contributed by atoms with van der Waals surface area (Å²) in [6.45, 7) is 8.44. The van der Waals surface area contributed by atoms with Gasteiger partial charge in [-0.05, 0) is 74.3 Å². The van der Waals surface area contributed by atoms with Crippen molar-refractivity contribution in [1.82, 2.24) is 50.8 Å². The number of aromatic nitrogens is 6. The third kappa shape index (κ3) is 18.2. The fourth-order valence-electron chi connectivity index (χ4n) is 7.46. The number of carboxylic acids is 1. The Bertz CT molecular complexity index is 2930. The van der Waals surface area contributed by atoms with E-state index in [-0.39, 0.29) is 88.2 Å². The van der Waals surface area contributed by atoms with Gasteiger partial charge in [0.1, 0.15) is 0 Å². The quantitative estimate of drug-likeness (QED) is 0.0245. The van der Waals surface area contributed by atoms with Crippen molar-refractivity contribution in [3.63, 3.8) is 0 Å². The minimum absolute atomic E-state index is 0. The van der Waals surface area contributed by atoms with E-state index in [9.17, 15) is 29.1 Å². The van der Waals surface area contributed by atoms with E-state index in [1.54, 1.807) is 12.1 Å². The van der Waals surface area contributed by atoms with Crippen LogP contribution in [0.4, 0.5) is 11.6 Å². The molecule has 0 aliphatic carbocycles. The number of H-pyrrole nitrogens is 1. The number of pyridine rings is 2. The van der Waals surface area contributed by atoms with Crippen LogP contribution in [0.2, 0.25) is 0 Å². The number of amides is 3. The zero-order chi connectivity index (χ0) is 51.1. The number of aliphatic carboxylic acids is 1. The molecule has 7 aromatic rings. The first-order valence-electron chi connectivity index (χ1n) is 23.2. The van der Waals surface area contributed by atoms with E-state index >= 15 is 0 Å². The molecule has 73 heavy (non-hydrogen) atoms. The number of nitrogens with two attached hydrogens (primary N) is 1. The largest absolute Gasteiger partial charge is 0 e. The molecule has 0 spiro atoms. The molecule has 1 atom stereocenters. The van der Waals surface area contributed by atoms with Gasteiger partial charge in [0.15, 0.2) is 11.2 Å². The van der Waals surface area contributed by atoms with Crippen LogP contribution in [0.1, 0.15) is 59.5 Å². The summed E-state index contributed by atoms with van der Waals surface area (Å²) < 4.78 is 18.6. The molecule has 1 radical (unpaired) electrons. The van der Waals surface area contributed by atoms with Gasteiger partial charge in [-0.25, -0.2) is 9.97 Å². The average Bonchev–Trinajstić information content (AvgIpc) is 3.39. The Balaban J connectivity index is 0.00000325. The van der Waals surface area contributed by atoms with Crippen LogP contribution in [0.5, 0.6) is 0 Å². The Hall–Kier alpha value is -7.54. The second-order valence-corrected chi connectivity index (χ2v) is 16.4. The van der Waals surface area contributed by atoms with Gasteiger partial charge in [-0.15, -0.1) is 0 Å². The zero-order valence-electron chi connectivity index (χ0n) is 39.8. The molecule has 0 unspecified atom stereocenters. The van der Waals surface area contributed by atoms with Crippen LogP contribution >= 0.6 is 0 Å². The van der Waals surface area contributed by atoms with E-state index in [2.05, 4.69) is 89.2 Å². The molecule has 3 amide bonds. The number of ether oxygens (including phenoxy) is 2. The van der Waals surface area contributed by atoms with Gasteiger partial charge in [-0.2, -0.15) is 4.98 Å². The van der Waals surface area contributed by atoms with Gasteiger partial charge in [0.05, 0.1) is 79.3 Å². The smallest absolute Gasteiger partial charge is 0 e. The first kappa shape index (κ1) is 56.4. The number of anilines is 2. The maximum absolute atomic E-state index is 12.8. The van der Waals surface area contributed by atoms with Gasteiger partial charge in [-0.1, -0.05) is 48.5 Å². The third-order valence-corrected chi connectivity index (χ3v) is 11.1. The molecule has 21 nitrogen and oxygen atoms in total. The number of carbonyl (C=O) groups excluding carboxylic acids is 4. The van der Waals surface area contributed by atoms with Crippen molar-refractivity contribution in [1.29, 1.82) is 0 Å². The van der Waals surface area contributed by atoms with Gasteiger partial charge in [0, 0.05) is 81.5 Å². The molecule has 0 fully saturated rings. The van der Waals surface area contributed by atoms with E-state index < -0.39 is 29.4 Å². The molecule has 0 saturated heterocycles. The maximum atomic E-state index is 12.8. The van der Waals surface area contributed by atoms with Gasteiger partial charge < -0.3 is 46.4 Å². The van der Waals surface area contributed by atoms with E-state index in [1.165, 1.54) is 18.3 Å². The molecule has 4 heterocycles. The van der Waals surface area contributed by atoms with Crippen LogP contribution in [-0.4, -0.2) is 111 Å². The summed E-state index contributed by atoms with van der Waals surface area (Å²) in [5.74, 6) is -2.70. The van der Waals surface area contributed by atoms with Crippen molar-refractivity contribution in [2.24, 2.45) is 0 Å². The number of nitrogens with one attached hydrogen (secondary N) is 5. The first-order valence-corrected chi connectivity index (χ1v) is 23.2. The number of fused-ring (bicyclic) bond motifs is 3. The van der Waals surface area contributed by atoms with Gasteiger partial charge in [-0.3, -0.25) is 39.0 Å². The van der Waals surface area contributed by atoms with Crippen molar-refractivity contribution in [2.75, 3.05) is 57.1 Å². The van der Waals surface area contributed by atoms with Crippen molar-refractivity contribution < 1.29 is 58.8 Å². The number of benzene rings is 3. The molecule has 0 aliphatic heterocycles. The Labute approximate surface area is 433 Å². The van der Waals surface area contributed by atoms with Crippen LogP contribution in [0.3, 0.4) is 0 Å². The monoisotopic (exact) mass is 1170 g/mol. The summed E-state index contributed by atoms with van der Waals surface area (Å²) in [6, 6.07) is 29.3. The Morgan fingerprint density at radius 2 is 1.32 bits per heavy atom. The Morgan fingerprint density at radius 1 is 0.726 bits per heavy atom. The standard InChI is InChI=1S/C50H56N12O8.CO.Re/c51-50-60-46-45(48(66)61-50)58-39(30-55-46)29-54-36-16-14-35(15-17-36)47(65)59-42(49(67)68)20-21-44(64)53-23-26-70-28-27-69-25-22-52-43(63)11-5-6-24-62(31-37-18-12-33-7-1-3-9-40(33)56-37)32-38-19-13-34-8-2-4-10-41(34)57-38;1-2;/h1-4,7-10,12-19,30,42,54H,5-6,11,20-29,31-32H2,(H,52,63)(H,53,64)(H,59,65)(H,67,68)(H3,51,55,60,61,66);;/p-1/t42-;;/m0../s1. The van der Waals surface area contributed by atoms with Crippen LogP contribution in [0, 0.1) is 6.65 Å². The summed E-state index contributed by atoms with van der Waals surface area (Å²) in [5.41, 5.74) is 10.4. The van der Waals surface area contributed by atoms with Crippen LogP contribution in [-0.2, 0) is 68.6 Å². The second-order valence-electron chi connectivity index (χ2n) is 16.4. The molecule has 0 aliphatic rings. The second kappa shape index (κ2) is 29.7. The molecule has 0 bridgehead atoms. The van der Waals surface area contributed by atoms with Crippen molar-refractivity contribution >= 4 is 68.3 Å². The van der Waals surface area contributed by atoms with Gasteiger partial charge in [0.25, 0.3) is 11.5 Å². The van der Waals surface area contributed by atoms with E-state index in [0.29, 0.717) is 50.7 Å². The summed E-state index contributed by atoms with van der Waals surface area (Å²) >= 11 is 0. The summed E-state index contributed by atoms with van der Waals surface area (Å²) in [6.07, 6.45) is 3.05. The number of aromatic amines is 1. The number of carbonyl (C=O) groups is 4. The zero-order valence-corrected chi connectivity index (χ0v) is 42.5. The number of carboxylic acid groups (broad SMARTS) is 1. The molecular formula is C51H55N12O9Re-. The Morgan fingerprint density at radius 3 is 1.92 bits per heavy atom. The normalized spacial score (nSPS) is 11.3. The topological polar surface area (TPSA) is 304 Å². The van der Waals surface area contributed by atoms with Crippen molar-refractivity contribution in [2.45, 2.75) is 57.8 Å². The summed E-state index contributed by atoms with van der Waals surface area (Å²) in [7, 11) is 0. The molecule has 22 heteroatoms.